The van der Waals surface area contributed by atoms with Gasteiger partial charge in [0.05, 0.1) is 0 Å². The zero-order valence-corrected chi connectivity index (χ0v) is 11.3. The van der Waals surface area contributed by atoms with E-state index in [-0.39, 0.29) is 5.82 Å². The first kappa shape index (κ1) is 14.1. The molecular weight excluding hydrogens is 255 g/mol. The van der Waals surface area contributed by atoms with Gasteiger partial charge in [0.15, 0.2) is 0 Å². The number of nitrogens with one attached hydrogen (secondary N) is 1. The molecule has 0 aliphatic carbocycles. The van der Waals surface area contributed by atoms with E-state index in [1.807, 2.05) is 42.3 Å². The normalized spacial score (nSPS) is 10.1. The molecule has 0 unspecified atom stereocenters. The van der Waals surface area contributed by atoms with E-state index >= 15 is 0 Å². The third kappa shape index (κ3) is 3.15. The average molecular weight is 272 g/mol. The topological polar surface area (TPSA) is 32.3 Å². The van der Waals surface area contributed by atoms with Crippen molar-refractivity contribution in [2.24, 2.45) is 0 Å². The number of anilines is 1. The van der Waals surface area contributed by atoms with Gasteiger partial charge in [-0.05, 0) is 12.1 Å². The number of para-hydroxylation sites is 1. The standard InChI is InChI=1S/C16H17FN2O/c1-19(11-10-18-12-20)16-9-5-3-7-14(16)13-6-2-4-8-15(13)17/h2-9,12H,10-11H2,1H3,(H,18,20). The van der Waals surface area contributed by atoms with E-state index in [0.717, 1.165) is 11.3 Å². The van der Waals surface area contributed by atoms with Crippen molar-refractivity contribution >= 4 is 12.1 Å². The van der Waals surface area contributed by atoms with Crippen LogP contribution >= 0.6 is 0 Å². The molecule has 0 saturated carbocycles. The van der Waals surface area contributed by atoms with Crippen molar-refractivity contribution in [2.75, 3.05) is 25.0 Å². The Morgan fingerprint density at radius 3 is 2.45 bits per heavy atom. The van der Waals surface area contributed by atoms with Gasteiger partial charge in [-0.15, -0.1) is 0 Å². The highest BCUT2D eigenvalue weighted by atomic mass is 19.1. The van der Waals surface area contributed by atoms with Crippen LogP contribution in [0.2, 0.25) is 0 Å². The summed E-state index contributed by atoms with van der Waals surface area (Å²) >= 11 is 0. The molecule has 2 aromatic carbocycles. The Morgan fingerprint density at radius 2 is 1.75 bits per heavy atom. The molecule has 4 heteroatoms. The minimum Gasteiger partial charge on any atom is -0.372 e. The van der Waals surface area contributed by atoms with Gasteiger partial charge < -0.3 is 10.2 Å². The molecule has 0 aliphatic rings. The zero-order valence-electron chi connectivity index (χ0n) is 11.3. The van der Waals surface area contributed by atoms with Crippen molar-refractivity contribution in [3.63, 3.8) is 0 Å². The third-order valence-corrected chi connectivity index (χ3v) is 3.15. The van der Waals surface area contributed by atoms with Gasteiger partial charge in [-0.25, -0.2) is 4.39 Å². The molecule has 0 aliphatic heterocycles. The van der Waals surface area contributed by atoms with Gasteiger partial charge in [0.2, 0.25) is 6.41 Å². The number of benzene rings is 2. The summed E-state index contributed by atoms with van der Waals surface area (Å²) in [6, 6.07) is 14.4. The van der Waals surface area contributed by atoms with Crippen LogP contribution < -0.4 is 10.2 Å². The minimum absolute atomic E-state index is 0.237. The van der Waals surface area contributed by atoms with Crippen LogP contribution in [0.5, 0.6) is 0 Å². The summed E-state index contributed by atoms with van der Waals surface area (Å²) in [4.78, 5) is 12.3. The van der Waals surface area contributed by atoms with Crippen molar-refractivity contribution in [1.82, 2.24) is 5.32 Å². The highest BCUT2D eigenvalue weighted by molar-refractivity contribution is 5.78. The molecule has 0 saturated heterocycles. The fourth-order valence-electron chi connectivity index (χ4n) is 2.13. The van der Waals surface area contributed by atoms with Crippen LogP contribution in [0.3, 0.4) is 0 Å². The lowest BCUT2D eigenvalue weighted by molar-refractivity contribution is -0.109. The maximum absolute atomic E-state index is 13.9. The van der Waals surface area contributed by atoms with Crippen LogP contribution in [0.4, 0.5) is 10.1 Å². The minimum atomic E-state index is -0.237. The molecule has 0 atom stereocenters. The highest BCUT2D eigenvalue weighted by Crippen LogP contribution is 2.31. The van der Waals surface area contributed by atoms with Gasteiger partial charge in [0, 0.05) is 37.0 Å². The van der Waals surface area contributed by atoms with Gasteiger partial charge in [-0.3, -0.25) is 4.79 Å². The molecule has 104 valence electrons. The zero-order chi connectivity index (χ0) is 14.4. The summed E-state index contributed by atoms with van der Waals surface area (Å²) in [6.07, 6.45) is 0.677. The Labute approximate surface area is 118 Å². The van der Waals surface area contributed by atoms with E-state index in [1.165, 1.54) is 6.07 Å². The number of halogens is 1. The predicted octanol–water partition coefficient (Wildman–Crippen LogP) is 2.67. The lowest BCUT2D eigenvalue weighted by Crippen LogP contribution is -2.28. The molecule has 20 heavy (non-hydrogen) atoms. The maximum atomic E-state index is 13.9. The van der Waals surface area contributed by atoms with Crippen molar-refractivity contribution in [2.45, 2.75) is 0 Å². The van der Waals surface area contributed by atoms with E-state index in [1.54, 1.807) is 12.1 Å². The first-order chi connectivity index (χ1) is 9.74. The Kier molecular flexibility index (Phi) is 4.71. The van der Waals surface area contributed by atoms with E-state index < -0.39 is 0 Å². The van der Waals surface area contributed by atoms with Crippen LogP contribution in [0.1, 0.15) is 0 Å². The second-order valence-corrected chi connectivity index (χ2v) is 4.49. The van der Waals surface area contributed by atoms with E-state index in [9.17, 15) is 9.18 Å². The Morgan fingerprint density at radius 1 is 1.10 bits per heavy atom. The van der Waals surface area contributed by atoms with E-state index in [4.69, 9.17) is 0 Å². The SMILES string of the molecule is CN(CCNC=O)c1ccccc1-c1ccccc1F. The van der Waals surface area contributed by atoms with Gasteiger partial charge in [0.25, 0.3) is 0 Å². The lowest BCUT2D eigenvalue weighted by Gasteiger charge is -2.22. The number of hydrogen-bond donors (Lipinski definition) is 1. The van der Waals surface area contributed by atoms with Gasteiger partial charge >= 0.3 is 0 Å². The largest absolute Gasteiger partial charge is 0.372 e. The molecule has 1 N–H and O–H groups in total. The van der Waals surface area contributed by atoms with Crippen molar-refractivity contribution in [3.8, 4) is 11.1 Å². The Bertz CT molecular complexity index is 586. The van der Waals surface area contributed by atoms with E-state index in [0.29, 0.717) is 25.1 Å². The number of amides is 1. The lowest BCUT2D eigenvalue weighted by atomic mass is 10.0. The van der Waals surface area contributed by atoms with Crippen molar-refractivity contribution in [3.05, 3.63) is 54.3 Å². The monoisotopic (exact) mass is 272 g/mol. The molecule has 2 rings (SSSR count). The third-order valence-electron chi connectivity index (χ3n) is 3.15. The quantitative estimate of drug-likeness (QED) is 0.647. The molecule has 0 aromatic heterocycles. The van der Waals surface area contributed by atoms with Crippen LogP contribution in [-0.2, 0) is 4.79 Å². The fourth-order valence-corrected chi connectivity index (χ4v) is 2.13. The first-order valence-electron chi connectivity index (χ1n) is 6.46. The van der Waals surface area contributed by atoms with Crippen molar-refractivity contribution in [1.29, 1.82) is 0 Å². The fraction of sp³-hybridized carbons (Fsp3) is 0.188. The summed E-state index contributed by atoms with van der Waals surface area (Å²) in [7, 11) is 1.92. The van der Waals surface area contributed by atoms with Gasteiger partial charge in [-0.1, -0.05) is 36.4 Å². The molecule has 1 amide bonds. The number of carbonyl (C=O) groups is 1. The molecule has 2 aromatic rings. The highest BCUT2D eigenvalue weighted by Gasteiger charge is 2.11. The summed E-state index contributed by atoms with van der Waals surface area (Å²) in [5, 5.41) is 2.62. The summed E-state index contributed by atoms with van der Waals surface area (Å²) < 4.78 is 13.9. The van der Waals surface area contributed by atoms with Crippen LogP contribution in [0.25, 0.3) is 11.1 Å². The van der Waals surface area contributed by atoms with E-state index in [2.05, 4.69) is 5.32 Å². The Balaban J connectivity index is 2.31. The second kappa shape index (κ2) is 6.70. The smallest absolute Gasteiger partial charge is 0.207 e. The molecule has 0 fully saturated rings. The number of rotatable bonds is 6. The van der Waals surface area contributed by atoms with Gasteiger partial charge in [-0.2, -0.15) is 0 Å². The van der Waals surface area contributed by atoms with Crippen LogP contribution in [0, 0.1) is 5.82 Å². The number of hydrogen-bond acceptors (Lipinski definition) is 2. The number of likely N-dealkylation sites (N-methyl/N-ethyl adjacent to an activating group) is 1. The van der Waals surface area contributed by atoms with Crippen LogP contribution in [-0.4, -0.2) is 26.5 Å². The number of carbonyl (C=O) groups excluding carboxylic acids is 1. The first-order valence-corrected chi connectivity index (χ1v) is 6.46. The average Bonchev–Trinajstić information content (AvgIpc) is 2.48. The molecule has 0 heterocycles. The van der Waals surface area contributed by atoms with Crippen molar-refractivity contribution < 1.29 is 9.18 Å². The second-order valence-electron chi connectivity index (χ2n) is 4.49. The molecular formula is C16H17FN2O. The number of nitrogens with zero attached hydrogens (tertiary/aromatic N) is 1. The van der Waals surface area contributed by atoms with Crippen LogP contribution in [0.15, 0.2) is 48.5 Å². The summed E-state index contributed by atoms with van der Waals surface area (Å²) in [5.41, 5.74) is 2.36. The predicted molar refractivity (Wildman–Crippen MR) is 79.2 cm³/mol. The molecule has 0 spiro atoms. The molecule has 0 radical (unpaired) electrons. The molecule has 0 bridgehead atoms. The van der Waals surface area contributed by atoms with Gasteiger partial charge in [0.1, 0.15) is 5.82 Å². The molecule has 3 nitrogen and oxygen atoms in total. The summed E-state index contributed by atoms with van der Waals surface area (Å²) in [6.45, 7) is 1.20. The maximum Gasteiger partial charge on any atom is 0.207 e. The summed E-state index contributed by atoms with van der Waals surface area (Å²) in [5.74, 6) is -0.237. The Hall–Kier alpha value is -2.36.